The van der Waals surface area contributed by atoms with Crippen LogP contribution in [-0.4, -0.2) is 16.1 Å². The number of hydrogen-bond acceptors (Lipinski definition) is 0. The zero-order chi connectivity index (χ0) is 21.4. The van der Waals surface area contributed by atoms with E-state index in [0.717, 1.165) is 0 Å². The minimum Gasteiger partial charge on any atom is -1.00 e. The van der Waals surface area contributed by atoms with E-state index in [1.165, 1.54) is 33.0 Å². The van der Waals surface area contributed by atoms with Crippen LogP contribution in [0.15, 0.2) is 76.6 Å². The molecule has 0 heterocycles. The molecule has 1 aliphatic carbocycles. The summed E-state index contributed by atoms with van der Waals surface area (Å²) in [6.07, 6.45) is 8.25. The monoisotopic (exact) mass is 575 g/mol. The van der Waals surface area contributed by atoms with Crippen LogP contribution in [0.25, 0.3) is 11.1 Å². The minimum atomic E-state index is -1.56. The molecule has 3 rings (SSSR count). The van der Waals surface area contributed by atoms with Gasteiger partial charge in [-0.3, -0.25) is 0 Å². The van der Waals surface area contributed by atoms with Gasteiger partial charge in [-0.05, 0) is 28.2 Å². The largest absolute Gasteiger partial charge is 3.00 e. The molecule has 169 valence electrons. The van der Waals surface area contributed by atoms with Gasteiger partial charge in [0.2, 0.25) is 0 Å². The number of hydrogen-bond donors (Lipinski definition) is 0. The number of allylic oxidation sites excluding steroid dienone is 6. The molecule has 0 aromatic heterocycles. The van der Waals surface area contributed by atoms with Crippen LogP contribution < -0.4 is 24.8 Å². The van der Waals surface area contributed by atoms with E-state index >= 15 is 0 Å². The number of rotatable bonds is 5. The summed E-state index contributed by atoms with van der Waals surface area (Å²) in [5, 5.41) is 3.07. The summed E-state index contributed by atoms with van der Waals surface area (Å²) in [6, 6.07) is 17.9. The Morgan fingerprint density at radius 2 is 1.19 bits per heavy atom. The molecule has 32 heavy (non-hydrogen) atoms. The van der Waals surface area contributed by atoms with Gasteiger partial charge in [-0.1, -0.05) is 102 Å². The van der Waals surface area contributed by atoms with Crippen molar-refractivity contribution >= 4 is 16.1 Å². The maximum Gasteiger partial charge on any atom is 3.00 e. The molecule has 0 aliphatic heterocycles. The van der Waals surface area contributed by atoms with Gasteiger partial charge in [-0.2, -0.15) is 23.4 Å². The molecule has 0 fully saturated rings. The van der Waals surface area contributed by atoms with E-state index in [4.69, 9.17) is 0 Å². The van der Waals surface area contributed by atoms with E-state index in [-0.39, 0.29) is 51.0 Å². The average Bonchev–Trinajstić information content (AvgIpc) is 2.94. The van der Waals surface area contributed by atoms with Gasteiger partial charge in [0.1, 0.15) is 0 Å². The normalized spacial score (nSPS) is 13.4. The van der Waals surface area contributed by atoms with Crippen LogP contribution >= 0.6 is 0 Å². The molecule has 0 spiro atoms. The molecule has 0 saturated carbocycles. The fourth-order valence-corrected chi connectivity index (χ4v) is 8.26. The summed E-state index contributed by atoms with van der Waals surface area (Å²) in [5.41, 5.74) is 7.13. The molecular weight excluding hydrogens is 543 g/mol. The molecule has 0 amide bonds. The summed E-state index contributed by atoms with van der Waals surface area (Å²) in [7, 11) is -2.93. The maximum atomic E-state index is 3.64. The Bertz CT molecular complexity index is 959. The van der Waals surface area contributed by atoms with Crippen molar-refractivity contribution in [1.29, 1.82) is 0 Å². The quantitative estimate of drug-likeness (QED) is 0.291. The van der Waals surface area contributed by atoms with Gasteiger partial charge in [0.15, 0.2) is 0 Å². The van der Waals surface area contributed by atoms with E-state index in [1.54, 1.807) is 5.20 Å². The van der Waals surface area contributed by atoms with E-state index < -0.39 is 16.1 Å². The van der Waals surface area contributed by atoms with Crippen molar-refractivity contribution in [3.05, 3.63) is 93.9 Å². The van der Waals surface area contributed by atoms with Crippen molar-refractivity contribution in [2.75, 3.05) is 0 Å². The summed E-state index contributed by atoms with van der Waals surface area (Å²) in [4.78, 5) is 0. The molecule has 1 radical (unpaired) electrons. The Morgan fingerprint density at radius 1 is 0.750 bits per heavy atom. The van der Waals surface area contributed by atoms with Crippen molar-refractivity contribution in [1.82, 2.24) is 0 Å². The Morgan fingerprint density at radius 3 is 1.56 bits per heavy atom. The van der Waals surface area contributed by atoms with Crippen molar-refractivity contribution in [2.24, 2.45) is 0 Å². The first-order valence-electron chi connectivity index (χ1n) is 10.7. The van der Waals surface area contributed by atoms with Crippen molar-refractivity contribution in [3.63, 3.8) is 0 Å². The molecule has 0 N–H and O–H groups in total. The van der Waals surface area contributed by atoms with Gasteiger partial charge >= 0.3 is 26.2 Å². The van der Waals surface area contributed by atoms with Crippen LogP contribution in [0.3, 0.4) is 0 Å². The summed E-state index contributed by atoms with van der Waals surface area (Å²) in [5.74, 6) is 0.358. The Labute approximate surface area is 229 Å². The standard InChI is InChI=1S/C27H35Si2.2ClH.Zr/c1-20(2)25(28(3,4)5)18-13-19-26(29(6,7)8)27-23-16-11-9-14-21(23)22-15-10-12-17-24(22)27;;;/h9-12,14-19,27H,1-8H3;2*1H;/q-1;;;+3/p-2. The van der Waals surface area contributed by atoms with Crippen molar-refractivity contribution < 1.29 is 51.0 Å². The van der Waals surface area contributed by atoms with Gasteiger partial charge in [0.05, 0.1) is 0 Å². The molecule has 0 atom stereocenters. The molecule has 5 heteroatoms. The number of fused-ring (bicyclic) bond motifs is 3. The smallest absolute Gasteiger partial charge is 1.00 e. The molecule has 0 saturated heterocycles. The summed E-state index contributed by atoms with van der Waals surface area (Å²) in [6.45, 7) is 19.1. The zero-order valence-electron chi connectivity index (χ0n) is 20.6. The second-order valence-corrected chi connectivity index (χ2v) is 20.5. The third-order valence-corrected chi connectivity index (χ3v) is 10.2. The van der Waals surface area contributed by atoms with Crippen LogP contribution in [0.2, 0.25) is 39.3 Å². The van der Waals surface area contributed by atoms with Gasteiger partial charge in [0.25, 0.3) is 0 Å². The fourth-order valence-electron chi connectivity index (χ4n) is 4.55. The summed E-state index contributed by atoms with van der Waals surface area (Å²) < 4.78 is 0. The molecule has 2 aromatic rings. The Kier molecular flexibility index (Phi) is 12.1. The first-order valence-corrected chi connectivity index (χ1v) is 17.7. The molecule has 1 aliphatic rings. The van der Waals surface area contributed by atoms with Crippen LogP contribution in [-0.2, 0) is 26.2 Å². The zero-order valence-corrected chi connectivity index (χ0v) is 26.6. The first-order chi connectivity index (χ1) is 13.5. The second kappa shape index (κ2) is 12.3. The average molecular weight is 578 g/mol. The van der Waals surface area contributed by atoms with Crippen LogP contribution in [0.5, 0.6) is 0 Å². The van der Waals surface area contributed by atoms with E-state index in [9.17, 15) is 0 Å². The van der Waals surface area contributed by atoms with Crippen molar-refractivity contribution in [3.8, 4) is 11.1 Å². The molecular formula is C27H35Cl2Si2Zr. The minimum absolute atomic E-state index is 0. The fraction of sp³-hybridized carbons (Fsp3) is 0.333. The van der Waals surface area contributed by atoms with Gasteiger partial charge < -0.3 is 24.8 Å². The topological polar surface area (TPSA) is 0 Å². The SMILES string of the molecule is CC(C)=C(C=[C-]C=C(C1c2ccccc2-c2ccccc21)[Si](C)(C)C)[Si](C)(C)C.[Cl-].[Cl-].[Zr+3]. The van der Waals surface area contributed by atoms with Gasteiger partial charge in [-0.15, -0.1) is 10.8 Å². The summed E-state index contributed by atoms with van der Waals surface area (Å²) >= 11 is 0. The van der Waals surface area contributed by atoms with Gasteiger partial charge in [-0.25, -0.2) is 0 Å². The third-order valence-electron chi connectivity index (χ3n) is 5.82. The van der Waals surface area contributed by atoms with Crippen LogP contribution in [0.4, 0.5) is 0 Å². The number of halogens is 2. The maximum absolute atomic E-state index is 3.64. The van der Waals surface area contributed by atoms with E-state index in [2.05, 4.69) is 120 Å². The van der Waals surface area contributed by atoms with Crippen LogP contribution in [0, 0.1) is 6.08 Å². The first kappa shape index (κ1) is 31.6. The predicted octanol–water partition coefficient (Wildman–Crippen LogP) is 2.18. The Hall–Kier alpha value is -0.443. The molecule has 0 unspecified atom stereocenters. The molecule has 2 aromatic carbocycles. The molecule has 0 nitrogen and oxygen atoms in total. The Balaban J connectivity index is 0.00000320. The van der Waals surface area contributed by atoms with Gasteiger partial charge in [0, 0.05) is 16.1 Å². The molecule has 0 bridgehead atoms. The predicted molar refractivity (Wildman–Crippen MR) is 135 cm³/mol. The van der Waals surface area contributed by atoms with Crippen molar-refractivity contribution in [2.45, 2.75) is 59.0 Å². The second-order valence-electron chi connectivity index (χ2n) is 10.4. The van der Waals surface area contributed by atoms with E-state index in [1.807, 2.05) is 0 Å². The third kappa shape index (κ3) is 6.80. The van der Waals surface area contributed by atoms with E-state index in [0.29, 0.717) is 5.92 Å². The van der Waals surface area contributed by atoms with Crippen LogP contribution in [0.1, 0.15) is 30.9 Å². The number of benzene rings is 2.